The van der Waals surface area contributed by atoms with Crippen LogP contribution in [0.1, 0.15) is 0 Å². The molecule has 3 aromatic carbocycles. The van der Waals surface area contributed by atoms with Crippen LogP contribution in [0.3, 0.4) is 0 Å². The topological polar surface area (TPSA) is 100 Å². The number of para-hydroxylation sites is 1. The Morgan fingerprint density at radius 2 is 1.69 bits per heavy atom. The Kier molecular flexibility index (Phi) is 6.28. The molecule has 0 bridgehead atoms. The molecule has 0 spiro atoms. The van der Waals surface area contributed by atoms with Crippen LogP contribution in [-0.2, 0) is 0 Å². The van der Waals surface area contributed by atoms with Crippen molar-refractivity contribution in [1.29, 1.82) is 0 Å². The number of carbonyl (C=O) groups excluding carboxylic acids is 1. The van der Waals surface area contributed by atoms with E-state index in [0.29, 0.717) is 27.6 Å². The van der Waals surface area contributed by atoms with Gasteiger partial charge in [0.2, 0.25) is 0 Å². The van der Waals surface area contributed by atoms with Crippen molar-refractivity contribution in [3.8, 4) is 45.4 Å². The number of aromatic nitrogens is 3. The number of anilines is 1. The maximum absolute atomic E-state index is 12.2. The lowest BCUT2D eigenvalue weighted by Crippen LogP contribution is -2.16. The SMILES string of the molecule is O=C(Nc1ccc(-c2nc(-c3cccc(O)c3)c(-c3ccnc(Br)c3)[nH]2)cc1)Oc1ccccc1. The van der Waals surface area contributed by atoms with Gasteiger partial charge in [0, 0.05) is 28.6 Å². The van der Waals surface area contributed by atoms with Gasteiger partial charge >= 0.3 is 6.09 Å². The molecule has 35 heavy (non-hydrogen) atoms. The van der Waals surface area contributed by atoms with E-state index < -0.39 is 6.09 Å². The second-order valence-corrected chi connectivity index (χ2v) is 8.44. The molecule has 172 valence electrons. The Bertz CT molecular complexity index is 1420. The largest absolute Gasteiger partial charge is 0.508 e. The quantitative estimate of drug-likeness (QED) is 0.216. The third-order valence-electron chi connectivity index (χ3n) is 5.20. The lowest BCUT2D eigenvalue weighted by molar-refractivity contribution is 0.215. The number of amides is 1. The smallest absolute Gasteiger partial charge is 0.417 e. The molecule has 5 aromatic rings. The Morgan fingerprint density at radius 1 is 0.886 bits per heavy atom. The van der Waals surface area contributed by atoms with Crippen LogP contribution in [0.15, 0.2) is 102 Å². The minimum atomic E-state index is -0.571. The normalized spacial score (nSPS) is 10.7. The van der Waals surface area contributed by atoms with Gasteiger partial charge in [-0.05, 0) is 76.6 Å². The molecule has 0 saturated carbocycles. The summed E-state index contributed by atoms with van der Waals surface area (Å²) < 4.78 is 5.97. The number of nitrogens with zero attached hydrogens (tertiary/aromatic N) is 2. The van der Waals surface area contributed by atoms with Crippen LogP contribution in [0.25, 0.3) is 33.9 Å². The van der Waals surface area contributed by atoms with Crippen LogP contribution in [0.2, 0.25) is 0 Å². The highest BCUT2D eigenvalue weighted by Gasteiger charge is 2.16. The lowest BCUT2D eigenvalue weighted by Gasteiger charge is -2.07. The summed E-state index contributed by atoms with van der Waals surface area (Å²) in [5.41, 5.74) is 4.58. The van der Waals surface area contributed by atoms with Gasteiger partial charge in [-0.25, -0.2) is 14.8 Å². The number of carbonyl (C=O) groups is 1. The van der Waals surface area contributed by atoms with E-state index >= 15 is 0 Å². The number of aromatic amines is 1. The molecule has 0 fully saturated rings. The monoisotopic (exact) mass is 526 g/mol. The molecule has 0 aliphatic rings. The summed E-state index contributed by atoms with van der Waals surface area (Å²) in [5, 5.41) is 12.7. The van der Waals surface area contributed by atoms with Crippen LogP contribution >= 0.6 is 15.9 Å². The predicted molar refractivity (Wildman–Crippen MR) is 138 cm³/mol. The van der Waals surface area contributed by atoms with Gasteiger partial charge in [0.25, 0.3) is 0 Å². The summed E-state index contributed by atoms with van der Waals surface area (Å²) in [7, 11) is 0. The van der Waals surface area contributed by atoms with Crippen molar-refractivity contribution in [3.05, 3.63) is 102 Å². The molecule has 1 amide bonds. The van der Waals surface area contributed by atoms with Crippen LogP contribution in [-0.4, -0.2) is 26.2 Å². The third kappa shape index (κ3) is 5.23. The number of benzene rings is 3. The molecule has 0 radical (unpaired) electrons. The predicted octanol–water partition coefficient (Wildman–Crippen LogP) is 6.88. The number of rotatable bonds is 5. The molecule has 0 aliphatic heterocycles. The second-order valence-electron chi connectivity index (χ2n) is 7.63. The summed E-state index contributed by atoms with van der Waals surface area (Å²) in [6.45, 7) is 0. The zero-order valence-electron chi connectivity index (χ0n) is 18.3. The first-order valence-electron chi connectivity index (χ1n) is 10.7. The van der Waals surface area contributed by atoms with Gasteiger partial charge in [0.05, 0.1) is 11.4 Å². The lowest BCUT2D eigenvalue weighted by atomic mass is 10.1. The second kappa shape index (κ2) is 9.82. The van der Waals surface area contributed by atoms with Gasteiger partial charge < -0.3 is 14.8 Å². The zero-order chi connectivity index (χ0) is 24.2. The molecular weight excluding hydrogens is 508 g/mol. The first-order valence-corrected chi connectivity index (χ1v) is 11.5. The van der Waals surface area contributed by atoms with E-state index in [2.05, 4.69) is 31.2 Å². The fourth-order valence-electron chi connectivity index (χ4n) is 3.59. The fourth-order valence-corrected chi connectivity index (χ4v) is 3.95. The van der Waals surface area contributed by atoms with Crippen molar-refractivity contribution in [2.45, 2.75) is 0 Å². The van der Waals surface area contributed by atoms with Crippen molar-refractivity contribution >= 4 is 27.7 Å². The zero-order valence-corrected chi connectivity index (χ0v) is 19.9. The van der Waals surface area contributed by atoms with Crippen LogP contribution in [0.4, 0.5) is 10.5 Å². The van der Waals surface area contributed by atoms with Gasteiger partial charge in [-0.15, -0.1) is 0 Å². The summed E-state index contributed by atoms with van der Waals surface area (Å²) in [5.74, 6) is 1.27. The maximum atomic E-state index is 12.2. The highest BCUT2D eigenvalue weighted by molar-refractivity contribution is 9.10. The molecule has 0 aliphatic carbocycles. The van der Waals surface area contributed by atoms with E-state index in [0.717, 1.165) is 22.4 Å². The summed E-state index contributed by atoms with van der Waals surface area (Å²) in [4.78, 5) is 24.6. The van der Waals surface area contributed by atoms with Gasteiger partial charge in [-0.2, -0.15) is 0 Å². The van der Waals surface area contributed by atoms with E-state index in [9.17, 15) is 9.90 Å². The molecule has 7 nitrogen and oxygen atoms in total. The number of hydrogen-bond acceptors (Lipinski definition) is 5. The molecule has 0 saturated heterocycles. The number of nitrogens with one attached hydrogen (secondary N) is 2. The molecular formula is C27H19BrN4O3. The van der Waals surface area contributed by atoms with Crippen LogP contribution < -0.4 is 10.1 Å². The molecule has 2 heterocycles. The maximum Gasteiger partial charge on any atom is 0.417 e. The average Bonchev–Trinajstić information content (AvgIpc) is 3.31. The molecule has 5 rings (SSSR count). The van der Waals surface area contributed by atoms with Crippen molar-refractivity contribution in [2.75, 3.05) is 5.32 Å². The Hall–Kier alpha value is -4.43. The molecule has 0 unspecified atom stereocenters. The Labute approximate surface area is 209 Å². The minimum Gasteiger partial charge on any atom is -0.508 e. The molecule has 3 N–H and O–H groups in total. The fraction of sp³-hybridized carbons (Fsp3) is 0. The Morgan fingerprint density at radius 3 is 2.43 bits per heavy atom. The van der Waals surface area contributed by atoms with Crippen molar-refractivity contribution in [2.24, 2.45) is 0 Å². The minimum absolute atomic E-state index is 0.159. The first kappa shape index (κ1) is 22.4. The van der Waals surface area contributed by atoms with Gasteiger partial charge in [0.15, 0.2) is 0 Å². The number of imidazole rings is 1. The number of phenols is 1. The van der Waals surface area contributed by atoms with E-state index in [1.54, 1.807) is 60.8 Å². The number of hydrogen-bond donors (Lipinski definition) is 3. The van der Waals surface area contributed by atoms with Crippen LogP contribution in [0.5, 0.6) is 11.5 Å². The highest BCUT2D eigenvalue weighted by atomic mass is 79.9. The number of pyridine rings is 1. The van der Waals surface area contributed by atoms with E-state index in [1.165, 1.54) is 0 Å². The van der Waals surface area contributed by atoms with E-state index in [4.69, 9.17) is 9.72 Å². The number of halogens is 1. The van der Waals surface area contributed by atoms with Crippen molar-refractivity contribution in [1.82, 2.24) is 15.0 Å². The van der Waals surface area contributed by atoms with Crippen LogP contribution in [0, 0.1) is 0 Å². The standard InChI is InChI=1S/C27H19BrN4O3/c28-23-16-19(13-14-29-23)25-24(18-5-4-6-21(33)15-18)31-26(32-25)17-9-11-20(12-10-17)30-27(34)35-22-7-2-1-3-8-22/h1-16,33H,(H,30,34)(H,31,32). The van der Waals surface area contributed by atoms with E-state index in [1.807, 2.05) is 36.4 Å². The number of phenolic OH excluding ortho intramolecular Hbond substituents is 1. The van der Waals surface area contributed by atoms with Gasteiger partial charge in [-0.1, -0.05) is 30.3 Å². The van der Waals surface area contributed by atoms with E-state index in [-0.39, 0.29) is 5.75 Å². The molecule has 2 aromatic heterocycles. The van der Waals surface area contributed by atoms with Crippen molar-refractivity contribution in [3.63, 3.8) is 0 Å². The average molecular weight is 527 g/mol. The summed E-state index contributed by atoms with van der Waals surface area (Å²) in [6, 6.07) is 26.9. The number of aromatic hydroxyl groups is 1. The number of ether oxygens (including phenoxy) is 1. The third-order valence-corrected chi connectivity index (χ3v) is 5.63. The molecule has 8 heteroatoms. The summed E-state index contributed by atoms with van der Waals surface area (Å²) in [6.07, 6.45) is 1.14. The van der Waals surface area contributed by atoms with Gasteiger partial charge in [-0.3, -0.25) is 5.32 Å². The number of H-pyrrole nitrogens is 1. The summed E-state index contributed by atoms with van der Waals surface area (Å²) >= 11 is 3.42. The molecule has 0 atom stereocenters. The highest BCUT2D eigenvalue weighted by Crippen LogP contribution is 2.35. The Balaban J connectivity index is 1.43. The first-order chi connectivity index (χ1) is 17.0. The van der Waals surface area contributed by atoms with Crippen molar-refractivity contribution < 1.29 is 14.6 Å². The van der Waals surface area contributed by atoms with Gasteiger partial charge in [0.1, 0.15) is 21.9 Å².